The molecule has 19 heavy (non-hydrogen) atoms. The summed E-state index contributed by atoms with van der Waals surface area (Å²) in [5.74, 6) is -0.754. The van der Waals surface area contributed by atoms with Crippen molar-refractivity contribution in [2.24, 2.45) is 0 Å². The van der Waals surface area contributed by atoms with Crippen LogP contribution in [-0.2, 0) is 0 Å². The molecule has 3 unspecified atom stereocenters. The van der Waals surface area contributed by atoms with Gasteiger partial charge in [-0.05, 0) is 24.6 Å². The van der Waals surface area contributed by atoms with Gasteiger partial charge < -0.3 is 5.11 Å². The molecule has 0 aromatic heterocycles. The number of hydrogen-bond donors (Lipinski definition) is 1. The third-order valence-electron chi connectivity index (χ3n) is 3.75. The van der Waals surface area contributed by atoms with Gasteiger partial charge in [0.25, 0.3) is 0 Å². The predicted molar refractivity (Wildman–Crippen MR) is 74.3 cm³/mol. The molecule has 5 heteroatoms. The first-order valence-electron chi connectivity index (χ1n) is 6.47. The number of nitrogens with zero attached hydrogens (tertiary/aromatic N) is 1. The number of benzene rings is 1. The number of β-amino-alcohol motifs (C(OH)–C–C–N with tert-alkyl or cyclic N) is 1. The van der Waals surface area contributed by atoms with Crippen molar-refractivity contribution in [3.8, 4) is 0 Å². The van der Waals surface area contributed by atoms with Gasteiger partial charge in [0.15, 0.2) is 11.6 Å². The number of aliphatic hydroxyl groups excluding tert-OH is 1. The first kappa shape index (κ1) is 14.8. The maximum absolute atomic E-state index is 13.2. The maximum atomic E-state index is 13.2. The van der Waals surface area contributed by atoms with Crippen LogP contribution in [0.2, 0.25) is 0 Å². The van der Waals surface area contributed by atoms with Gasteiger partial charge in [-0.15, -0.1) is 0 Å². The van der Waals surface area contributed by atoms with E-state index in [1.54, 1.807) is 0 Å². The standard InChI is InChI=1S/C14H19F2NOS/c1-9-10(2)19-6-5-17(9)8-14(18)11-3-4-12(15)13(16)7-11/h3-4,7,9-10,14,18H,5-6,8H2,1-2H3. The summed E-state index contributed by atoms with van der Waals surface area (Å²) in [6.07, 6.45) is -0.784. The molecule has 1 saturated heterocycles. The fourth-order valence-corrected chi connectivity index (χ4v) is 3.46. The molecule has 3 atom stereocenters. The molecule has 0 amide bonds. The Morgan fingerprint density at radius 2 is 2.11 bits per heavy atom. The molecule has 1 aromatic carbocycles. The Labute approximate surface area is 116 Å². The number of aliphatic hydroxyl groups is 1. The number of halogens is 2. The van der Waals surface area contributed by atoms with E-state index in [1.807, 2.05) is 11.8 Å². The minimum atomic E-state index is -0.910. The fraction of sp³-hybridized carbons (Fsp3) is 0.571. The number of rotatable bonds is 3. The molecule has 0 bridgehead atoms. The molecule has 0 aliphatic carbocycles. The summed E-state index contributed by atoms with van der Waals surface area (Å²) >= 11 is 1.92. The first-order valence-corrected chi connectivity index (χ1v) is 7.52. The Morgan fingerprint density at radius 1 is 1.37 bits per heavy atom. The molecule has 1 aliphatic rings. The topological polar surface area (TPSA) is 23.5 Å². The SMILES string of the molecule is CC1SCCN(CC(O)c2ccc(F)c(F)c2)C1C. The van der Waals surface area contributed by atoms with Crippen LogP contribution in [0.15, 0.2) is 18.2 Å². The van der Waals surface area contributed by atoms with Gasteiger partial charge in [0, 0.05) is 30.1 Å². The molecule has 0 saturated carbocycles. The lowest BCUT2D eigenvalue weighted by Crippen LogP contribution is -2.46. The van der Waals surface area contributed by atoms with E-state index >= 15 is 0 Å². The van der Waals surface area contributed by atoms with Crippen molar-refractivity contribution >= 4 is 11.8 Å². The van der Waals surface area contributed by atoms with E-state index in [9.17, 15) is 13.9 Å². The Balaban J connectivity index is 2.03. The van der Waals surface area contributed by atoms with Crippen LogP contribution < -0.4 is 0 Å². The van der Waals surface area contributed by atoms with E-state index in [0.29, 0.717) is 23.4 Å². The van der Waals surface area contributed by atoms with Crippen LogP contribution in [0.1, 0.15) is 25.5 Å². The summed E-state index contributed by atoms with van der Waals surface area (Å²) < 4.78 is 26.0. The first-order chi connectivity index (χ1) is 8.99. The zero-order valence-corrected chi connectivity index (χ0v) is 12.0. The summed E-state index contributed by atoms with van der Waals surface area (Å²) in [5, 5.41) is 10.7. The van der Waals surface area contributed by atoms with Crippen LogP contribution in [0.4, 0.5) is 8.78 Å². The van der Waals surface area contributed by atoms with Gasteiger partial charge in [-0.3, -0.25) is 4.90 Å². The van der Waals surface area contributed by atoms with Crippen molar-refractivity contribution in [3.63, 3.8) is 0 Å². The van der Waals surface area contributed by atoms with Crippen LogP contribution in [0.3, 0.4) is 0 Å². The largest absolute Gasteiger partial charge is 0.387 e. The Hall–Kier alpha value is -0.650. The molecule has 2 nitrogen and oxygen atoms in total. The van der Waals surface area contributed by atoms with Crippen LogP contribution in [0.25, 0.3) is 0 Å². The van der Waals surface area contributed by atoms with Gasteiger partial charge in [0.2, 0.25) is 0 Å². The predicted octanol–water partition coefficient (Wildman–Crippen LogP) is 2.82. The van der Waals surface area contributed by atoms with Gasteiger partial charge in [0.05, 0.1) is 6.10 Å². The van der Waals surface area contributed by atoms with Gasteiger partial charge in [-0.25, -0.2) is 8.78 Å². The van der Waals surface area contributed by atoms with Crippen LogP contribution >= 0.6 is 11.8 Å². The molecule has 1 heterocycles. The van der Waals surface area contributed by atoms with Crippen molar-refractivity contribution in [2.75, 3.05) is 18.8 Å². The summed E-state index contributed by atoms with van der Waals surface area (Å²) in [6.45, 7) is 5.67. The molecule has 1 fully saturated rings. The van der Waals surface area contributed by atoms with Gasteiger partial charge >= 0.3 is 0 Å². The van der Waals surface area contributed by atoms with E-state index in [4.69, 9.17) is 0 Å². The van der Waals surface area contributed by atoms with E-state index in [2.05, 4.69) is 18.7 Å². The summed E-state index contributed by atoms with van der Waals surface area (Å²) in [5.41, 5.74) is 0.428. The van der Waals surface area contributed by atoms with Crippen molar-refractivity contribution < 1.29 is 13.9 Å². The molecule has 1 aliphatic heterocycles. The van der Waals surface area contributed by atoms with E-state index in [1.165, 1.54) is 6.07 Å². The lowest BCUT2D eigenvalue weighted by molar-refractivity contribution is 0.0927. The van der Waals surface area contributed by atoms with Gasteiger partial charge in [0.1, 0.15) is 0 Å². The average molecular weight is 287 g/mol. The molecule has 0 radical (unpaired) electrons. The summed E-state index contributed by atoms with van der Waals surface area (Å²) in [4.78, 5) is 2.20. The smallest absolute Gasteiger partial charge is 0.159 e. The van der Waals surface area contributed by atoms with Crippen molar-refractivity contribution in [2.45, 2.75) is 31.2 Å². The molecule has 0 spiro atoms. The molecular weight excluding hydrogens is 268 g/mol. The Morgan fingerprint density at radius 3 is 2.79 bits per heavy atom. The van der Waals surface area contributed by atoms with E-state index < -0.39 is 17.7 Å². The third kappa shape index (κ3) is 3.46. The zero-order chi connectivity index (χ0) is 14.0. The number of thioether (sulfide) groups is 1. The Bertz CT molecular complexity index is 443. The van der Waals surface area contributed by atoms with Gasteiger partial charge in [-0.2, -0.15) is 11.8 Å². The normalized spacial score (nSPS) is 26.4. The summed E-state index contributed by atoms with van der Waals surface area (Å²) in [7, 11) is 0. The Kier molecular flexibility index (Phi) is 4.81. The second-order valence-electron chi connectivity index (χ2n) is 5.00. The zero-order valence-electron chi connectivity index (χ0n) is 11.1. The summed E-state index contributed by atoms with van der Waals surface area (Å²) in [6, 6.07) is 3.95. The highest BCUT2D eigenvalue weighted by molar-refractivity contribution is 8.00. The second kappa shape index (κ2) is 6.20. The van der Waals surface area contributed by atoms with Crippen molar-refractivity contribution in [1.82, 2.24) is 4.90 Å². The molecular formula is C14H19F2NOS. The van der Waals surface area contributed by atoms with E-state index in [0.717, 1.165) is 24.4 Å². The lowest BCUT2D eigenvalue weighted by Gasteiger charge is -2.38. The maximum Gasteiger partial charge on any atom is 0.159 e. The minimum Gasteiger partial charge on any atom is -0.387 e. The quantitative estimate of drug-likeness (QED) is 0.925. The molecule has 2 rings (SSSR count). The second-order valence-corrected chi connectivity index (χ2v) is 6.49. The fourth-order valence-electron chi connectivity index (χ4n) is 2.30. The molecule has 1 aromatic rings. The average Bonchev–Trinajstić information content (AvgIpc) is 2.38. The third-order valence-corrected chi connectivity index (χ3v) is 5.09. The van der Waals surface area contributed by atoms with Gasteiger partial charge in [-0.1, -0.05) is 13.0 Å². The highest BCUT2D eigenvalue weighted by Gasteiger charge is 2.27. The van der Waals surface area contributed by atoms with Crippen LogP contribution in [0, 0.1) is 11.6 Å². The lowest BCUT2D eigenvalue weighted by atomic mass is 10.1. The minimum absolute atomic E-state index is 0.374. The molecule has 1 N–H and O–H groups in total. The van der Waals surface area contributed by atoms with Crippen molar-refractivity contribution in [1.29, 1.82) is 0 Å². The van der Waals surface area contributed by atoms with Crippen molar-refractivity contribution in [3.05, 3.63) is 35.4 Å². The number of hydrogen-bond acceptors (Lipinski definition) is 3. The van der Waals surface area contributed by atoms with Crippen LogP contribution in [0.5, 0.6) is 0 Å². The highest BCUT2D eigenvalue weighted by Crippen LogP contribution is 2.26. The monoisotopic (exact) mass is 287 g/mol. The molecule has 106 valence electrons. The van der Waals surface area contributed by atoms with E-state index in [-0.39, 0.29) is 0 Å². The highest BCUT2D eigenvalue weighted by atomic mass is 32.2. The van der Waals surface area contributed by atoms with Crippen LogP contribution in [-0.4, -0.2) is 40.1 Å².